The predicted molar refractivity (Wildman–Crippen MR) is 307 cm³/mol. The van der Waals surface area contributed by atoms with Crippen LogP contribution in [0, 0.1) is 46.3 Å². The number of cyclic esters (lactones) is 4. The smallest absolute Gasteiger partial charge is 0.329 e. The summed E-state index contributed by atoms with van der Waals surface area (Å²) in [6.45, 7) is 17.9. The number of nitrogens with zero attached hydrogens (tertiary/aromatic N) is 10. The molecule has 2 aromatic heterocycles. The Hall–Kier alpha value is -8.40. The van der Waals surface area contributed by atoms with Crippen LogP contribution in [-0.4, -0.2) is 163 Å². The van der Waals surface area contributed by atoms with Crippen LogP contribution < -0.4 is 0 Å². The number of hydrogen-bond acceptors (Lipinski definition) is 16. The second kappa shape index (κ2) is 30.2. The number of aromatic nitrogens is 4. The van der Waals surface area contributed by atoms with Crippen LogP contribution in [0.5, 0.6) is 0 Å². The molecule has 3 heterocycles. The lowest BCUT2D eigenvalue weighted by Gasteiger charge is -2.35. The van der Waals surface area contributed by atoms with Crippen molar-refractivity contribution >= 4 is 47.5 Å². The summed E-state index contributed by atoms with van der Waals surface area (Å²) < 4.78 is 27.4. The van der Waals surface area contributed by atoms with Gasteiger partial charge >= 0.3 is 23.9 Å². The van der Waals surface area contributed by atoms with Gasteiger partial charge in [-0.05, 0) is 85.5 Å². The Morgan fingerprint density at radius 1 is 0.452 bits per heavy atom. The average Bonchev–Trinajstić information content (AvgIpc) is 4.25. The van der Waals surface area contributed by atoms with Crippen molar-refractivity contribution in [3.05, 3.63) is 107 Å². The molecule has 8 atom stereocenters. The zero-order chi connectivity index (χ0) is 62.3. The topological polar surface area (TPSA) is 270 Å². The molecule has 0 aliphatic carbocycles. The monoisotopic (exact) mass is 1160 g/mol. The molecule has 0 N–H and O–H groups in total. The number of rotatable bonds is 16. The summed E-state index contributed by atoms with van der Waals surface area (Å²) >= 11 is 0. The van der Waals surface area contributed by atoms with Gasteiger partial charge in [0.2, 0.25) is 0 Å². The summed E-state index contributed by atoms with van der Waals surface area (Å²) in [6, 6.07) is 13.0. The van der Waals surface area contributed by atoms with Crippen molar-refractivity contribution in [2.24, 2.45) is 23.7 Å². The molecular weight excluding hydrogens is 1080 g/mol. The molecule has 2 aromatic carbocycles. The van der Waals surface area contributed by atoms with Crippen LogP contribution in [0.4, 0.5) is 0 Å². The number of hydrogen-bond donors (Lipinski definition) is 0. The van der Waals surface area contributed by atoms with Crippen molar-refractivity contribution in [2.75, 3.05) is 28.2 Å². The fourth-order valence-corrected chi connectivity index (χ4v) is 9.93. The molecule has 4 aromatic rings. The van der Waals surface area contributed by atoms with Gasteiger partial charge in [0.25, 0.3) is 23.6 Å². The summed E-state index contributed by atoms with van der Waals surface area (Å²) in [7, 11) is 5.47. The zero-order valence-corrected chi connectivity index (χ0v) is 50.9. The van der Waals surface area contributed by atoms with Crippen LogP contribution >= 0.6 is 0 Å². The molecule has 1 saturated heterocycles. The van der Waals surface area contributed by atoms with E-state index in [1.165, 1.54) is 54.4 Å². The molecule has 1 aliphatic heterocycles. The average molecular weight is 1160 g/mol. The maximum absolute atomic E-state index is 15.1. The van der Waals surface area contributed by atoms with Crippen LogP contribution in [0.3, 0.4) is 0 Å². The number of ether oxygens (including phenoxy) is 4. The van der Waals surface area contributed by atoms with E-state index in [2.05, 4.69) is 22.3 Å². The highest BCUT2D eigenvalue weighted by atomic mass is 16.6. The number of esters is 4. The van der Waals surface area contributed by atoms with Crippen molar-refractivity contribution in [2.45, 2.75) is 169 Å². The van der Waals surface area contributed by atoms with Gasteiger partial charge in [-0.3, -0.25) is 28.5 Å². The van der Waals surface area contributed by atoms with Gasteiger partial charge in [-0.2, -0.15) is 20.7 Å². The lowest BCUT2D eigenvalue weighted by molar-refractivity contribution is -0.176. The van der Waals surface area contributed by atoms with Crippen LogP contribution in [0.15, 0.2) is 73.3 Å². The van der Waals surface area contributed by atoms with E-state index in [0.717, 1.165) is 30.7 Å². The molecule has 0 unspecified atom stereocenters. The molecular formula is C62H82N10O12. The maximum atomic E-state index is 15.1. The predicted octanol–water partition coefficient (Wildman–Crippen LogP) is 5.90. The quantitative estimate of drug-likeness (QED) is 0.0933. The summed E-state index contributed by atoms with van der Waals surface area (Å²) in [5.74, 6) is -7.83. The Morgan fingerprint density at radius 2 is 0.774 bits per heavy atom. The molecule has 0 bridgehead atoms. The zero-order valence-electron chi connectivity index (χ0n) is 50.9. The highest BCUT2D eigenvalue weighted by Crippen LogP contribution is 2.25. The summed E-state index contributed by atoms with van der Waals surface area (Å²) in [6.07, 6.45) is -0.316. The number of nitriles is 2. The first-order valence-corrected chi connectivity index (χ1v) is 28.5. The van der Waals surface area contributed by atoms with Crippen LogP contribution in [-0.2, 0) is 83.2 Å². The molecule has 22 heteroatoms. The largest absolute Gasteiger partial charge is 0.451 e. The van der Waals surface area contributed by atoms with Crippen molar-refractivity contribution in [1.82, 2.24) is 39.2 Å². The molecule has 22 nitrogen and oxygen atoms in total. The van der Waals surface area contributed by atoms with E-state index >= 15 is 9.59 Å². The standard InChI is InChI=1S/C62H82N10O12/c1-37(2)22-49-59(77)81-42(10)56(74)68(12)52(25-40(7)8)62(80)84-54(28-45-16-15-17-46(26-45)34-72-36-48(30-64)32-66-72)58(76)70(14)50(23-38(3)4)60(78)82-41(9)55(73)67(11)51(24-39(5)6)61(79)83-53(57(75)69(49)13)27-43-18-20-44(21-19-43)33-71-35-47(29-63)31-65-71/h15-21,26,31-32,35-42,49-54H,22-25,27-28,33-34H2,1-14H3/t41-,42-,49+,50+,51+,52+,53-,54-/m1/s1. The Bertz CT molecular complexity index is 3030. The van der Waals surface area contributed by atoms with Gasteiger partial charge in [0.15, 0.2) is 24.4 Å². The number of benzene rings is 2. The van der Waals surface area contributed by atoms with Crippen molar-refractivity contribution in [3.8, 4) is 12.1 Å². The minimum atomic E-state index is -1.60. The molecule has 1 fully saturated rings. The van der Waals surface area contributed by atoms with E-state index in [1.807, 2.05) is 61.5 Å². The molecule has 84 heavy (non-hydrogen) atoms. The lowest BCUT2D eigenvalue weighted by atomic mass is 9.99. The SMILES string of the molecule is CC(C)C[C@H]1C(=O)O[C@H](Cc2cccc(Cn3cc(C#N)cn3)c2)C(=O)N(C)[C@@H](CC(C)C)C(=O)O[C@H](C)C(=O)N(C)[C@@H](CC(C)C)C(=O)O[C@H](Cc2ccc(Cn3cc(C#N)cn3)cc2)C(=O)N(C)[C@@H](CC(C)C)C(=O)O[C@H](C)C(=O)N1C. The van der Waals surface area contributed by atoms with Gasteiger partial charge in [-0.1, -0.05) is 104 Å². The highest BCUT2D eigenvalue weighted by molar-refractivity contribution is 5.94. The van der Waals surface area contributed by atoms with Gasteiger partial charge in [-0.15, -0.1) is 0 Å². The maximum Gasteiger partial charge on any atom is 0.329 e. The van der Waals surface area contributed by atoms with Crippen molar-refractivity contribution in [1.29, 1.82) is 10.5 Å². The number of carbonyl (C=O) groups excluding carboxylic acids is 8. The Morgan fingerprint density at radius 3 is 1.13 bits per heavy atom. The fraction of sp³-hybridized carbons (Fsp3) is 0.548. The normalized spacial score (nSPS) is 22.5. The first-order valence-electron chi connectivity index (χ1n) is 28.5. The third-order valence-electron chi connectivity index (χ3n) is 14.5. The van der Waals surface area contributed by atoms with E-state index in [-0.39, 0.29) is 68.7 Å². The highest BCUT2D eigenvalue weighted by Gasteiger charge is 2.43. The van der Waals surface area contributed by atoms with Gasteiger partial charge in [-0.25, -0.2) is 19.2 Å². The summed E-state index contributed by atoms with van der Waals surface area (Å²) in [5.41, 5.74) is 3.42. The van der Waals surface area contributed by atoms with E-state index in [4.69, 9.17) is 18.9 Å². The lowest BCUT2D eigenvalue weighted by Crippen LogP contribution is -2.55. The second-order valence-corrected chi connectivity index (χ2v) is 23.5. The van der Waals surface area contributed by atoms with Gasteiger partial charge < -0.3 is 38.5 Å². The molecule has 0 saturated carbocycles. The van der Waals surface area contributed by atoms with Crippen molar-refractivity contribution in [3.63, 3.8) is 0 Å². The molecule has 0 spiro atoms. The first-order chi connectivity index (χ1) is 39.6. The first kappa shape index (κ1) is 66.4. The third-order valence-corrected chi connectivity index (χ3v) is 14.5. The van der Waals surface area contributed by atoms with E-state index in [0.29, 0.717) is 28.8 Å². The third kappa shape index (κ3) is 18.3. The number of likely N-dealkylation sites (N-methyl/N-ethyl adjacent to an activating group) is 4. The molecule has 5 rings (SSSR count). The van der Waals surface area contributed by atoms with Crippen molar-refractivity contribution < 1.29 is 57.3 Å². The molecule has 1 aliphatic rings. The van der Waals surface area contributed by atoms with Crippen LogP contribution in [0.2, 0.25) is 0 Å². The Kier molecular flexibility index (Phi) is 23.9. The second-order valence-electron chi connectivity index (χ2n) is 23.5. The Balaban J connectivity index is 1.60. The van der Waals surface area contributed by atoms with Crippen LogP contribution in [0.25, 0.3) is 0 Å². The fourth-order valence-electron chi connectivity index (χ4n) is 9.93. The molecule has 452 valence electrons. The number of carbonyl (C=O) groups is 8. The van der Waals surface area contributed by atoms with E-state index in [9.17, 15) is 39.3 Å². The van der Waals surface area contributed by atoms with Gasteiger partial charge in [0.1, 0.15) is 36.3 Å². The minimum absolute atomic E-state index is 0.0484. The van der Waals surface area contributed by atoms with Gasteiger partial charge in [0, 0.05) is 53.4 Å². The summed E-state index contributed by atoms with van der Waals surface area (Å²) in [4.78, 5) is 122. The number of amides is 4. The van der Waals surface area contributed by atoms with Gasteiger partial charge in [0.05, 0.1) is 36.6 Å². The summed E-state index contributed by atoms with van der Waals surface area (Å²) in [5, 5.41) is 27.1. The molecule has 0 radical (unpaired) electrons. The Labute approximate surface area is 492 Å². The minimum Gasteiger partial charge on any atom is -0.451 e. The van der Waals surface area contributed by atoms with E-state index < -0.39 is 96.1 Å². The van der Waals surface area contributed by atoms with E-state index in [1.54, 1.807) is 64.2 Å². The molecule has 4 amide bonds. The van der Waals surface area contributed by atoms with Crippen LogP contribution in [0.1, 0.15) is 128 Å².